The molecule has 9 aromatic rings. The van der Waals surface area contributed by atoms with Gasteiger partial charge in [0, 0.05) is 39.7 Å². The fraction of sp³-hybridized carbons (Fsp3) is 0.0333. The summed E-state index contributed by atoms with van der Waals surface area (Å²) in [5.74, 6) is 0.443. The van der Waals surface area contributed by atoms with Crippen molar-refractivity contribution >= 4 is 61.2 Å². The average molecular weight is 793 g/mol. The van der Waals surface area contributed by atoms with Gasteiger partial charge in [-0.3, -0.25) is 0 Å². The van der Waals surface area contributed by atoms with E-state index in [1.54, 1.807) is 0 Å². The summed E-state index contributed by atoms with van der Waals surface area (Å²) in [6.07, 6.45) is 14.5. The Labute approximate surface area is 364 Å². The SMILES string of the molecule is C1=CC2=CC=C(c3ccc(N(c4ccccc4)c4cccc5cccc(-c6ccc(N(c7ccccc7)c7ccc(-c8ccc9ccccc9c8)cc7)cc6)c45)cc3)CC2C=C1. The van der Waals surface area contributed by atoms with Gasteiger partial charge in [-0.2, -0.15) is 0 Å². The maximum Gasteiger partial charge on any atom is 0.0546 e. The summed E-state index contributed by atoms with van der Waals surface area (Å²) in [6.45, 7) is 0. The molecule has 0 saturated heterocycles. The zero-order valence-corrected chi connectivity index (χ0v) is 34.4. The fourth-order valence-electron chi connectivity index (χ4n) is 9.24. The monoisotopic (exact) mass is 792 g/mol. The van der Waals surface area contributed by atoms with E-state index < -0.39 is 0 Å². The molecule has 2 aliphatic carbocycles. The van der Waals surface area contributed by atoms with Crippen molar-refractivity contribution in [2.75, 3.05) is 9.80 Å². The molecule has 0 N–H and O–H groups in total. The van der Waals surface area contributed by atoms with Crippen molar-refractivity contribution in [1.29, 1.82) is 0 Å². The van der Waals surface area contributed by atoms with Crippen molar-refractivity contribution in [2.24, 2.45) is 5.92 Å². The normalized spacial score (nSPS) is 14.3. The molecule has 0 amide bonds. The number of hydrogen-bond acceptors (Lipinski definition) is 2. The molecule has 2 aliphatic rings. The quantitative estimate of drug-likeness (QED) is 0.144. The maximum atomic E-state index is 2.41. The van der Waals surface area contributed by atoms with Crippen LogP contribution in [-0.2, 0) is 0 Å². The smallest absolute Gasteiger partial charge is 0.0546 e. The van der Waals surface area contributed by atoms with Gasteiger partial charge in [0.15, 0.2) is 0 Å². The Morgan fingerprint density at radius 1 is 0.371 bits per heavy atom. The van der Waals surface area contributed by atoms with Crippen molar-refractivity contribution < 1.29 is 0 Å². The van der Waals surface area contributed by atoms with Crippen LogP contribution in [-0.4, -0.2) is 0 Å². The van der Waals surface area contributed by atoms with E-state index in [0.29, 0.717) is 5.92 Å². The fourth-order valence-corrected chi connectivity index (χ4v) is 9.24. The second kappa shape index (κ2) is 16.3. The van der Waals surface area contributed by atoms with Crippen LogP contribution in [0.1, 0.15) is 12.0 Å². The summed E-state index contributed by atoms with van der Waals surface area (Å²) in [5.41, 5.74) is 15.5. The van der Waals surface area contributed by atoms with E-state index in [-0.39, 0.29) is 0 Å². The second-order valence-electron chi connectivity index (χ2n) is 16.1. The molecular formula is C60H44N2. The van der Waals surface area contributed by atoms with Crippen molar-refractivity contribution in [3.05, 3.63) is 260 Å². The molecule has 1 unspecified atom stereocenters. The van der Waals surface area contributed by atoms with Gasteiger partial charge in [-0.1, -0.05) is 176 Å². The number of allylic oxidation sites excluding steroid dienone is 8. The molecule has 0 fully saturated rings. The molecule has 0 aliphatic heterocycles. The second-order valence-corrected chi connectivity index (χ2v) is 16.1. The number of hydrogen-bond donors (Lipinski definition) is 0. The summed E-state index contributed by atoms with van der Waals surface area (Å²) < 4.78 is 0. The number of anilines is 6. The first-order valence-corrected chi connectivity index (χ1v) is 21.5. The highest BCUT2D eigenvalue weighted by Crippen LogP contribution is 2.44. The van der Waals surface area contributed by atoms with E-state index in [9.17, 15) is 0 Å². The molecule has 0 saturated carbocycles. The van der Waals surface area contributed by atoms with Gasteiger partial charge in [-0.15, -0.1) is 0 Å². The van der Waals surface area contributed by atoms with Gasteiger partial charge in [0.1, 0.15) is 0 Å². The first-order valence-electron chi connectivity index (χ1n) is 21.5. The summed E-state index contributed by atoms with van der Waals surface area (Å²) in [6, 6.07) is 77.1. The van der Waals surface area contributed by atoms with Crippen LogP contribution in [0.4, 0.5) is 34.1 Å². The molecule has 0 aromatic heterocycles. The predicted octanol–water partition coefficient (Wildman–Crippen LogP) is 16.7. The Bertz CT molecular complexity index is 3170. The lowest BCUT2D eigenvalue weighted by Crippen LogP contribution is -2.11. The lowest BCUT2D eigenvalue weighted by Gasteiger charge is -2.28. The molecule has 0 heterocycles. The molecule has 0 spiro atoms. The third-order valence-electron chi connectivity index (χ3n) is 12.4. The molecule has 0 bridgehead atoms. The molecular weight excluding hydrogens is 749 g/mol. The first kappa shape index (κ1) is 37.1. The van der Waals surface area contributed by atoms with Crippen LogP contribution < -0.4 is 9.80 Å². The van der Waals surface area contributed by atoms with Crippen LogP contribution in [0.25, 0.3) is 49.4 Å². The molecule has 294 valence electrons. The Morgan fingerprint density at radius 3 is 1.63 bits per heavy atom. The topological polar surface area (TPSA) is 6.48 Å². The lowest BCUT2D eigenvalue weighted by atomic mass is 9.82. The molecule has 2 nitrogen and oxygen atoms in total. The van der Waals surface area contributed by atoms with E-state index in [4.69, 9.17) is 0 Å². The third-order valence-corrected chi connectivity index (χ3v) is 12.4. The van der Waals surface area contributed by atoms with Gasteiger partial charge in [0.25, 0.3) is 0 Å². The molecule has 62 heavy (non-hydrogen) atoms. The Morgan fingerprint density at radius 2 is 0.919 bits per heavy atom. The number of benzene rings is 9. The van der Waals surface area contributed by atoms with Gasteiger partial charge in [-0.25, -0.2) is 0 Å². The number of para-hydroxylation sites is 2. The first-order chi connectivity index (χ1) is 30.7. The van der Waals surface area contributed by atoms with Crippen LogP contribution in [0.3, 0.4) is 0 Å². The highest BCUT2D eigenvalue weighted by atomic mass is 15.1. The highest BCUT2D eigenvalue weighted by Gasteiger charge is 2.21. The van der Waals surface area contributed by atoms with Crippen LogP contribution in [0.15, 0.2) is 254 Å². The molecule has 2 heteroatoms. The highest BCUT2D eigenvalue weighted by molar-refractivity contribution is 6.08. The Kier molecular flexibility index (Phi) is 9.72. The minimum atomic E-state index is 0.443. The van der Waals surface area contributed by atoms with Crippen LogP contribution >= 0.6 is 0 Å². The molecule has 0 radical (unpaired) electrons. The lowest BCUT2D eigenvalue weighted by molar-refractivity contribution is 0.793. The van der Waals surface area contributed by atoms with E-state index in [2.05, 4.69) is 259 Å². The number of rotatable bonds is 9. The predicted molar refractivity (Wildman–Crippen MR) is 264 cm³/mol. The van der Waals surface area contributed by atoms with Gasteiger partial charge in [-0.05, 0) is 134 Å². The van der Waals surface area contributed by atoms with Crippen molar-refractivity contribution in [3.8, 4) is 22.3 Å². The van der Waals surface area contributed by atoms with Gasteiger partial charge < -0.3 is 9.80 Å². The summed E-state index contributed by atoms with van der Waals surface area (Å²) >= 11 is 0. The van der Waals surface area contributed by atoms with Crippen LogP contribution in [0.2, 0.25) is 0 Å². The van der Waals surface area contributed by atoms with E-state index >= 15 is 0 Å². The third kappa shape index (κ3) is 7.12. The number of fused-ring (bicyclic) bond motifs is 3. The van der Waals surface area contributed by atoms with Crippen molar-refractivity contribution in [3.63, 3.8) is 0 Å². The minimum Gasteiger partial charge on any atom is -0.311 e. The Balaban J connectivity index is 0.955. The Hall–Kier alpha value is -7.94. The average Bonchev–Trinajstić information content (AvgIpc) is 3.35. The van der Waals surface area contributed by atoms with E-state index in [1.165, 1.54) is 54.9 Å². The molecule has 11 rings (SSSR count). The summed E-state index contributed by atoms with van der Waals surface area (Å²) in [7, 11) is 0. The van der Waals surface area contributed by atoms with E-state index in [0.717, 1.165) is 46.1 Å². The maximum absolute atomic E-state index is 2.41. The van der Waals surface area contributed by atoms with Gasteiger partial charge in [0.05, 0.1) is 5.69 Å². The van der Waals surface area contributed by atoms with E-state index in [1.807, 2.05) is 0 Å². The van der Waals surface area contributed by atoms with Crippen molar-refractivity contribution in [2.45, 2.75) is 6.42 Å². The van der Waals surface area contributed by atoms with Crippen LogP contribution in [0.5, 0.6) is 0 Å². The standard InChI is InChI=1S/C60H44N2/c1-3-19-53(20-4-1)61(55-35-29-45(30-36-55)51-27-25-43-13-7-9-15-49(43)41-51)56-39-33-47(34-40-56)58-23-11-17-48-18-12-24-59(60(48)58)62(54-21-5-2-6-22-54)57-37-31-46(32-38-57)52-28-26-44-14-8-10-16-50(44)42-52/h1-41,50H,42H2. The molecule has 9 aromatic carbocycles. The zero-order valence-electron chi connectivity index (χ0n) is 34.4. The number of nitrogens with zero attached hydrogens (tertiary/aromatic N) is 2. The summed E-state index contributed by atoms with van der Waals surface area (Å²) in [4.78, 5) is 4.75. The minimum absolute atomic E-state index is 0.443. The summed E-state index contributed by atoms with van der Waals surface area (Å²) in [5, 5.41) is 4.91. The zero-order chi connectivity index (χ0) is 41.2. The van der Waals surface area contributed by atoms with Gasteiger partial charge >= 0.3 is 0 Å². The van der Waals surface area contributed by atoms with Crippen molar-refractivity contribution in [1.82, 2.24) is 0 Å². The largest absolute Gasteiger partial charge is 0.311 e. The molecule has 1 atom stereocenters. The van der Waals surface area contributed by atoms with Crippen LogP contribution in [0, 0.1) is 5.92 Å². The van der Waals surface area contributed by atoms with Gasteiger partial charge in [0.2, 0.25) is 0 Å².